The predicted octanol–water partition coefficient (Wildman–Crippen LogP) is 1.27. The van der Waals surface area contributed by atoms with Gasteiger partial charge < -0.3 is 36.0 Å². The Hall–Kier alpha value is -1.07. The van der Waals surface area contributed by atoms with E-state index in [0.29, 0.717) is 4.88 Å². The molecule has 2 saturated heterocycles. The second-order valence-corrected chi connectivity index (χ2v) is 12.0. The summed E-state index contributed by atoms with van der Waals surface area (Å²) in [6.07, 6.45) is 7.80. The van der Waals surface area contributed by atoms with E-state index in [4.69, 9.17) is 0 Å². The second-order valence-electron chi connectivity index (χ2n) is 9.62. The van der Waals surface area contributed by atoms with Crippen molar-refractivity contribution in [3.05, 3.63) is 39.6 Å². The Labute approximate surface area is 277 Å². The van der Waals surface area contributed by atoms with Crippen LogP contribution in [-0.4, -0.2) is 135 Å². The van der Waals surface area contributed by atoms with Crippen molar-refractivity contribution in [1.82, 2.24) is 29.6 Å². The monoisotopic (exact) mass is 638 g/mol. The molecule has 4 rings (SSSR count). The molecule has 0 atom stereocenters. The predicted molar refractivity (Wildman–Crippen MR) is 169 cm³/mol. The van der Waals surface area contributed by atoms with Gasteiger partial charge in [0, 0.05) is 101 Å². The Balaban J connectivity index is 0.000000621. The topological polar surface area (TPSA) is 91.3 Å². The molecule has 14 heteroatoms. The van der Waals surface area contributed by atoms with Crippen molar-refractivity contribution in [3.8, 4) is 0 Å². The number of esters is 1. The average molecular weight is 639 g/mol. The van der Waals surface area contributed by atoms with E-state index in [0.717, 1.165) is 57.0 Å². The first-order valence-electron chi connectivity index (χ1n) is 14.0. The average Bonchev–Trinajstić information content (AvgIpc) is 3.70. The molecule has 2 aliphatic heterocycles. The summed E-state index contributed by atoms with van der Waals surface area (Å²) in [6, 6.07) is 0. The van der Waals surface area contributed by atoms with E-state index < -0.39 is 5.43 Å². The first-order chi connectivity index (χ1) is 19.7. The van der Waals surface area contributed by atoms with Gasteiger partial charge >= 0.3 is 30.3 Å². The molecule has 0 amide bonds. The van der Waals surface area contributed by atoms with Crippen molar-refractivity contribution in [3.63, 3.8) is 0 Å². The SMILES string of the molecule is CN1CCN(CCc2nccs2)CC1.COC(=O)Cl.COC(=O)c1cnc(CCN2CCN(C)CC2)s1.[CH2-]CCC.[Li+]. The number of hydrogen-bond donors (Lipinski definition) is 0. The summed E-state index contributed by atoms with van der Waals surface area (Å²) in [5, 5.41) is 4.33. The zero-order valence-corrected chi connectivity index (χ0v) is 28.7. The van der Waals surface area contributed by atoms with Crippen molar-refractivity contribution in [2.75, 3.05) is 93.8 Å². The molecule has 0 radical (unpaired) electrons. The molecule has 4 heterocycles. The van der Waals surface area contributed by atoms with Crippen LogP contribution in [0.5, 0.6) is 0 Å². The number of ether oxygens (including phenoxy) is 2. The maximum Gasteiger partial charge on any atom is 1.00 e. The van der Waals surface area contributed by atoms with E-state index in [1.165, 1.54) is 69.7 Å². The number of methoxy groups -OCH3 is 2. The zero-order chi connectivity index (χ0) is 30.5. The van der Waals surface area contributed by atoms with E-state index in [1.807, 2.05) is 6.20 Å². The van der Waals surface area contributed by atoms with Gasteiger partial charge in [0.15, 0.2) is 0 Å². The minimum atomic E-state index is -0.773. The van der Waals surface area contributed by atoms with Gasteiger partial charge in [-0.15, -0.1) is 22.7 Å². The molecule has 234 valence electrons. The van der Waals surface area contributed by atoms with Crippen LogP contribution in [0.4, 0.5) is 4.79 Å². The van der Waals surface area contributed by atoms with Gasteiger partial charge in [-0.1, -0.05) is 13.3 Å². The fraction of sp³-hybridized carbons (Fsp3) is 0.679. The summed E-state index contributed by atoms with van der Waals surface area (Å²) < 4.78 is 8.55. The number of unbranched alkanes of at least 4 members (excludes halogenated alkanes) is 1. The van der Waals surface area contributed by atoms with Crippen LogP contribution in [0, 0.1) is 6.92 Å². The van der Waals surface area contributed by atoms with E-state index in [-0.39, 0.29) is 24.8 Å². The largest absolute Gasteiger partial charge is 1.00 e. The van der Waals surface area contributed by atoms with Gasteiger partial charge in [0.2, 0.25) is 0 Å². The van der Waals surface area contributed by atoms with Gasteiger partial charge in [0.25, 0.3) is 0 Å². The van der Waals surface area contributed by atoms with Crippen LogP contribution >= 0.6 is 34.3 Å². The van der Waals surface area contributed by atoms with Crippen molar-refractivity contribution in [2.45, 2.75) is 32.6 Å². The smallest absolute Gasteiger partial charge is 0.465 e. The number of halogens is 1. The molecule has 10 nitrogen and oxygen atoms in total. The van der Waals surface area contributed by atoms with E-state index in [2.05, 4.69) is 84.0 Å². The Morgan fingerprint density at radius 3 is 1.76 bits per heavy atom. The van der Waals surface area contributed by atoms with Crippen molar-refractivity contribution >= 4 is 45.7 Å². The van der Waals surface area contributed by atoms with Crippen molar-refractivity contribution < 1.29 is 37.9 Å². The standard InChI is InChI=1S/C12H19N3O2S.C10H17N3S.C4H9.C2H3ClO2.Li/c1-14-5-7-15(8-6-14)4-3-11-13-9-10(18-11)12(16)17-2;1-12-5-7-13(8-6-12)4-2-10-11-3-9-14-10;1-3-4-2;1-5-2(3)4;/h9H,3-8H2,1-2H3;3,9H,2,4-8H2,1H3;1,3-4H2,2H3;1H3;/q;;-1;;+1. The van der Waals surface area contributed by atoms with Gasteiger partial charge in [0.1, 0.15) is 4.88 Å². The van der Waals surface area contributed by atoms with Crippen molar-refractivity contribution in [1.29, 1.82) is 0 Å². The minimum absolute atomic E-state index is 0. The molecule has 0 saturated carbocycles. The van der Waals surface area contributed by atoms with Crippen LogP contribution in [0.2, 0.25) is 0 Å². The van der Waals surface area contributed by atoms with Crippen LogP contribution in [0.1, 0.15) is 39.5 Å². The normalized spacial score (nSPS) is 15.9. The fourth-order valence-corrected chi connectivity index (χ4v) is 5.08. The zero-order valence-electron chi connectivity index (χ0n) is 26.3. The number of aromatic nitrogens is 2. The van der Waals surface area contributed by atoms with Gasteiger partial charge in [-0.2, -0.15) is 6.42 Å². The van der Waals surface area contributed by atoms with Gasteiger partial charge in [-0.3, -0.25) is 0 Å². The first kappa shape index (κ1) is 40.9. The number of rotatable bonds is 8. The third-order valence-corrected chi connectivity index (χ3v) is 8.44. The molecule has 0 aromatic carbocycles. The van der Waals surface area contributed by atoms with Gasteiger partial charge in [-0.05, 0) is 14.1 Å². The number of piperazine rings is 2. The van der Waals surface area contributed by atoms with E-state index in [1.54, 1.807) is 17.5 Å². The molecule has 0 spiro atoms. The maximum atomic E-state index is 11.3. The van der Waals surface area contributed by atoms with E-state index >= 15 is 0 Å². The summed E-state index contributed by atoms with van der Waals surface area (Å²) in [5.41, 5.74) is -0.773. The summed E-state index contributed by atoms with van der Waals surface area (Å²) >= 11 is 7.80. The molecular formula is C28H48ClLiN6O4S2. The van der Waals surface area contributed by atoms with Crippen molar-refractivity contribution in [2.24, 2.45) is 0 Å². The summed E-state index contributed by atoms with van der Waals surface area (Å²) in [4.78, 5) is 39.5. The first-order valence-corrected chi connectivity index (χ1v) is 16.1. The molecule has 2 fully saturated rings. The Bertz CT molecular complexity index is 939. The van der Waals surface area contributed by atoms with Crippen LogP contribution < -0.4 is 18.9 Å². The number of likely N-dealkylation sites (N-methyl/N-ethyl adjacent to an activating group) is 2. The number of hydrogen-bond acceptors (Lipinski definition) is 12. The fourth-order valence-electron chi connectivity index (χ4n) is 3.65. The molecule has 0 unspecified atom stereocenters. The van der Waals surface area contributed by atoms with Crippen LogP contribution in [-0.2, 0) is 22.3 Å². The van der Waals surface area contributed by atoms with E-state index in [9.17, 15) is 9.59 Å². The van der Waals surface area contributed by atoms with Crippen LogP contribution in [0.15, 0.2) is 17.8 Å². The third kappa shape index (κ3) is 19.3. The van der Waals surface area contributed by atoms with Crippen LogP contribution in [0.25, 0.3) is 0 Å². The molecule has 2 aromatic rings. The minimum Gasteiger partial charge on any atom is -0.465 e. The Morgan fingerprint density at radius 2 is 1.38 bits per heavy atom. The number of carbonyl (C=O) groups is 2. The number of thiazole rings is 2. The second kappa shape index (κ2) is 25.3. The molecule has 0 aliphatic carbocycles. The molecule has 0 N–H and O–H groups in total. The maximum absolute atomic E-state index is 11.3. The molecule has 2 aromatic heterocycles. The molecule has 42 heavy (non-hydrogen) atoms. The Morgan fingerprint density at radius 1 is 0.905 bits per heavy atom. The summed E-state index contributed by atoms with van der Waals surface area (Å²) in [5.74, 6) is -0.293. The number of carbonyl (C=O) groups excluding carboxylic acids is 2. The molecule has 2 aliphatic rings. The summed E-state index contributed by atoms with van der Waals surface area (Å²) in [7, 11) is 6.96. The summed E-state index contributed by atoms with van der Waals surface area (Å²) in [6.45, 7) is 17.2. The number of nitrogens with zero attached hydrogens (tertiary/aromatic N) is 6. The Kier molecular flexibility index (Phi) is 24.6. The molecule has 0 bridgehead atoms. The van der Waals surface area contributed by atoms with Gasteiger partial charge in [0.05, 0.1) is 30.4 Å². The third-order valence-electron chi connectivity index (χ3n) is 6.41. The quantitative estimate of drug-likeness (QED) is 0.182. The van der Waals surface area contributed by atoms with Crippen LogP contribution in [0.3, 0.4) is 0 Å². The molecular weight excluding hydrogens is 591 g/mol. The van der Waals surface area contributed by atoms with Gasteiger partial charge in [-0.25, -0.2) is 19.6 Å².